The van der Waals surface area contributed by atoms with Crippen molar-refractivity contribution in [3.8, 4) is 0 Å². The van der Waals surface area contributed by atoms with Crippen LogP contribution < -0.4 is 15.9 Å². The Labute approximate surface area is 455 Å². The molecule has 0 bridgehead atoms. The van der Waals surface area contributed by atoms with E-state index in [4.69, 9.17) is 49.0 Å². The number of halogens is 9. The van der Waals surface area contributed by atoms with Crippen LogP contribution in [0.3, 0.4) is 0 Å². The van der Waals surface area contributed by atoms with Gasteiger partial charge in [0.1, 0.15) is 5.30 Å². The monoisotopic (exact) mass is 1320 g/mol. The largest absolute Gasteiger partial charge is 1.00 e. The Hall–Kier alpha value is -1.70. The van der Waals surface area contributed by atoms with Gasteiger partial charge < -0.3 is 40.1 Å². The molecule has 0 aromatic heterocycles. The Morgan fingerprint density at radius 1 is 0.465 bits per heavy atom. The van der Waals surface area contributed by atoms with Crippen molar-refractivity contribution in [3.05, 3.63) is 93.7 Å². The van der Waals surface area contributed by atoms with Gasteiger partial charge in [-0.05, 0) is 83.4 Å². The molecule has 0 aliphatic heterocycles. The number of rotatable bonds is 6. The van der Waals surface area contributed by atoms with Crippen molar-refractivity contribution in [2.75, 3.05) is 0 Å². The summed E-state index contributed by atoms with van der Waals surface area (Å²) in [6.45, 7) is 24.0. The number of alkyl halides is 9. The fraction of sp³-hybridized carbons (Fsp3) is 0.535. The molecule has 416 valence electrons. The van der Waals surface area contributed by atoms with Crippen LogP contribution >= 0.6 is 7.92 Å². The van der Waals surface area contributed by atoms with Crippen molar-refractivity contribution in [1.29, 1.82) is 10.8 Å². The van der Waals surface area contributed by atoms with Gasteiger partial charge in [-0.2, -0.15) is 64.8 Å². The van der Waals surface area contributed by atoms with E-state index < -0.39 is 54.8 Å². The third-order valence-corrected chi connectivity index (χ3v) is 19.0. The third-order valence-electron chi connectivity index (χ3n) is 12.7. The maximum absolute atomic E-state index is 11.4. The minimum Gasteiger partial charge on any atom is -0.776 e. The summed E-state index contributed by atoms with van der Waals surface area (Å²) in [5.41, 5.74) is -17.8. The van der Waals surface area contributed by atoms with E-state index >= 15 is 0 Å². The molecule has 0 saturated heterocycles. The molecular formula is C43H65F9N2O9PRu2S5-. The van der Waals surface area contributed by atoms with Crippen LogP contribution in [0.5, 0.6) is 0 Å². The number of hydrogen-bond acceptors (Lipinski definition) is 12. The van der Waals surface area contributed by atoms with Gasteiger partial charge in [0.25, 0.3) is 0 Å². The zero-order valence-corrected chi connectivity index (χ0v) is 49.1. The van der Waals surface area contributed by atoms with Crippen LogP contribution in [0.2, 0.25) is 0 Å². The Balaban J connectivity index is -0.000000151. The molecule has 28 heteroatoms. The van der Waals surface area contributed by atoms with Gasteiger partial charge in [0.15, 0.2) is 0 Å². The molecule has 2 fully saturated rings. The maximum Gasteiger partial charge on any atom is 1.00 e. The third kappa shape index (κ3) is 23.0. The van der Waals surface area contributed by atoms with E-state index in [2.05, 4.69) is 126 Å². The van der Waals surface area contributed by atoms with Gasteiger partial charge in [0, 0.05) is 13.6 Å². The molecule has 3 aromatic rings. The molecule has 3 aromatic carbocycles. The summed E-state index contributed by atoms with van der Waals surface area (Å²) >= 11 is 11.1. The minimum absolute atomic E-state index is 0. The van der Waals surface area contributed by atoms with Crippen LogP contribution in [0.1, 0.15) is 72.1 Å². The van der Waals surface area contributed by atoms with Crippen LogP contribution in [0.25, 0.3) is 0 Å². The van der Waals surface area contributed by atoms with Gasteiger partial charge in [0.2, 0.25) is 0 Å². The zero-order valence-electron chi connectivity index (χ0n) is 40.5. The van der Waals surface area contributed by atoms with E-state index in [1.54, 1.807) is 0 Å². The standard InChI is InChI=1S/C18H15PS2.2C10H20.C2F6O6S2.CHF3O3S.2CH3.N2.2Ru.2H2/c20-17-12-6-4-10-15(17)19(14-8-2-1-3-9-14)16-11-5-7-13-18(16)21;2*1-6-7(2)9(4)10(5)8(6)3;3-1(4,5)15(9,10)13-14-16(11,12)2(6,7)8;2-1(3,4)8(5,6)7;;;1-2;;;;/h1-13,20-21H;2*6-10H,1-5H3;;(H,5,6,7);2*1H3;;;;2*1H/q;;;;;2*-1;;2*+1;;/p-1. The minimum atomic E-state index is -6.59. The van der Waals surface area contributed by atoms with Gasteiger partial charge in [0.05, 0.1) is 18.5 Å². The molecule has 0 atom stereocenters. The Morgan fingerprint density at radius 3 is 0.845 bits per heavy atom. The fourth-order valence-corrected chi connectivity index (χ4v) is 11.6. The molecule has 1 N–H and O–H groups in total. The predicted molar refractivity (Wildman–Crippen MR) is 260 cm³/mol. The maximum atomic E-state index is 11.4. The molecule has 5 rings (SSSR count). The molecule has 2 aliphatic carbocycles. The summed E-state index contributed by atoms with van der Waals surface area (Å²) in [5.74, 6) is 9.35. The van der Waals surface area contributed by atoms with Crippen molar-refractivity contribution in [3.63, 3.8) is 0 Å². The first-order valence-electron chi connectivity index (χ1n) is 20.0. The van der Waals surface area contributed by atoms with Crippen LogP contribution in [-0.2, 0) is 103 Å². The van der Waals surface area contributed by atoms with Gasteiger partial charge in [-0.3, -0.25) is 4.55 Å². The molecule has 0 amide bonds. The molecule has 11 nitrogen and oxygen atoms in total. The van der Waals surface area contributed by atoms with Crippen LogP contribution in [0, 0.1) is 84.8 Å². The first kappa shape index (κ1) is 78.2. The van der Waals surface area contributed by atoms with Gasteiger partial charge in [-0.1, -0.05) is 133 Å². The first-order valence-corrected chi connectivity index (χ1v) is 26.6. The quantitative estimate of drug-likeness (QED) is 0.0235. The SMILES string of the molecule is CC1C(C)C(C)C(C)C1C.CC1C(C)C(C)C(C)C1C.N#N.O=S(=O)(O)C(F)(F)F.O=S(=O)(OOS(=O)(=O)C(F)(F)F)C(F)(F)F.[CH3-].[CH3-].[HH].[HH].[Ru+].[Ru+].[S-]c1ccccc1[PH+](c1ccccc1)c1ccccc1[S-]. The summed E-state index contributed by atoms with van der Waals surface area (Å²) in [7, 11) is -20.2. The molecule has 0 heterocycles. The molecule has 2 radical (unpaired) electrons. The van der Waals surface area contributed by atoms with E-state index in [0.717, 1.165) is 69.0 Å². The fourth-order valence-electron chi connectivity index (χ4n) is 7.35. The summed E-state index contributed by atoms with van der Waals surface area (Å²) in [5, 5.41) is 15.8. The number of benzene rings is 3. The van der Waals surface area contributed by atoms with Crippen molar-refractivity contribution in [2.24, 2.45) is 59.2 Å². The first-order chi connectivity index (χ1) is 30.3. The topological polar surface area (TPSA) is 189 Å². The van der Waals surface area contributed by atoms with E-state index in [1.807, 2.05) is 30.3 Å². The van der Waals surface area contributed by atoms with E-state index in [0.29, 0.717) is 0 Å². The molecule has 2 aliphatic rings. The molecule has 0 spiro atoms. The average molecular weight is 1320 g/mol. The zero-order chi connectivity index (χ0) is 52.8. The Bertz CT molecular complexity index is 2160. The second-order valence-electron chi connectivity index (χ2n) is 16.2. The summed E-state index contributed by atoms with van der Waals surface area (Å²) in [6.07, 6.45) is 0. The van der Waals surface area contributed by atoms with Crippen molar-refractivity contribution in [1.82, 2.24) is 0 Å². The van der Waals surface area contributed by atoms with Crippen molar-refractivity contribution in [2.45, 2.75) is 95.6 Å². The van der Waals surface area contributed by atoms with Gasteiger partial charge in [-0.15, -0.1) is 9.79 Å². The average Bonchev–Trinajstić information content (AvgIpc) is 3.51. The van der Waals surface area contributed by atoms with Crippen LogP contribution in [0.15, 0.2) is 88.7 Å². The Morgan fingerprint density at radius 2 is 0.662 bits per heavy atom. The smallest absolute Gasteiger partial charge is 0.776 e. The predicted octanol–water partition coefficient (Wildman–Crippen LogP) is 11.8. The van der Waals surface area contributed by atoms with E-state index in [9.17, 15) is 56.3 Å². The number of nitrogens with zero attached hydrogens (tertiary/aromatic N) is 2. The van der Waals surface area contributed by atoms with E-state index in [-0.39, 0.29) is 56.7 Å². The van der Waals surface area contributed by atoms with Crippen LogP contribution in [-0.4, -0.2) is 46.3 Å². The van der Waals surface area contributed by atoms with Crippen molar-refractivity contribution < 1.29 is 120 Å². The molecule has 2 saturated carbocycles. The Kier molecular flexibility index (Phi) is 36.0. The van der Waals surface area contributed by atoms with Gasteiger partial charge >= 0.3 is 85.8 Å². The summed E-state index contributed by atoms with van der Waals surface area (Å²) in [6, 6.07) is 27.0. The van der Waals surface area contributed by atoms with Crippen LogP contribution in [0.4, 0.5) is 39.5 Å². The molecule has 71 heavy (non-hydrogen) atoms. The second kappa shape index (κ2) is 32.7. The van der Waals surface area contributed by atoms with Gasteiger partial charge in [-0.25, -0.2) is 0 Å². The number of hydrogen-bond donors (Lipinski definition) is 1. The summed E-state index contributed by atoms with van der Waals surface area (Å²) in [4.78, 5) is 1.85. The van der Waals surface area contributed by atoms with E-state index in [1.165, 1.54) is 15.9 Å². The molecular weight excluding hydrogens is 1250 g/mol. The molecule has 0 unspecified atom stereocenters. The normalized spacial score (nSPS) is 23.8. The summed E-state index contributed by atoms with van der Waals surface area (Å²) < 4.78 is 170. The second-order valence-corrected chi connectivity index (χ2v) is 23.9. The van der Waals surface area contributed by atoms with Crippen molar-refractivity contribution >= 4 is 79.4 Å².